The van der Waals surface area contributed by atoms with Crippen LogP contribution in [-0.2, 0) is 11.3 Å². The number of nitrogens with zero attached hydrogens (tertiary/aromatic N) is 2. The summed E-state index contributed by atoms with van der Waals surface area (Å²) in [6.07, 6.45) is 0. The van der Waals surface area contributed by atoms with Gasteiger partial charge in [-0.3, -0.25) is 4.79 Å². The minimum atomic E-state index is -0.0679. The molecule has 1 aromatic heterocycles. The molecule has 0 spiro atoms. The molecule has 1 N–H and O–H groups in total. The van der Waals surface area contributed by atoms with E-state index >= 15 is 0 Å². The molecule has 2 heterocycles. The number of anilines is 1. The Morgan fingerprint density at radius 3 is 2.68 bits per heavy atom. The van der Waals surface area contributed by atoms with Crippen LogP contribution in [0.1, 0.15) is 15.9 Å². The maximum Gasteiger partial charge on any atom is 0.255 e. The first-order valence-electron chi connectivity index (χ1n) is 9.06. The van der Waals surface area contributed by atoms with Crippen LogP contribution >= 0.6 is 23.2 Å². The zero-order valence-electron chi connectivity index (χ0n) is 15.1. The van der Waals surface area contributed by atoms with Crippen LogP contribution in [0.5, 0.6) is 0 Å². The number of carbonyl (C=O) groups is 1. The number of benzene rings is 2. The van der Waals surface area contributed by atoms with E-state index in [0.29, 0.717) is 48.6 Å². The number of hydrogen-bond donors (Lipinski definition) is 1. The van der Waals surface area contributed by atoms with Gasteiger partial charge < -0.3 is 15.0 Å². The van der Waals surface area contributed by atoms with Crippen LogP contribution in [-0.4, -0.2) is 42.1 Å². The first kappa shape index (κ1) is 19.0. The summed E-state index contributed by atoms with van der Waals surface area (Å²) in [6, 6.07) is 15.2. The molecular weight excluding hydrogens is 397 g/mol. The fraction of sp³-hybridized carbons (Fsp3) is 0.238. The van der Waals surface area contributed by atoms with E-state index in [2.05, 4.69) is 10.3 Å². The van der Waals surface area contributed by atoms with Crippen LogP contribution in [0, 0.1) is 0 Å². The summed E-state index contributed by atoms with van der Waals surface area (Å²) in [4.78, 5) is 18.8. The van der Waals surface area contributed by atoms with Crippen LogP contribution in [0.2, 0.25) is 10.2 Å². The SMILES string of the molecule is O=C(c1ccc(NCc2cc3ccccc3nc2Cl)cc1Cl)N1CCOCC1. The fourth-order valence-electron chi connectivity index (χ4n) is 3.19. The predicted octanol–water partition coefficient (Wildman–Crippen LogP) is 4.63. The maximum atomic E-state index is 12.6. The first-order chi connectivity index (χ1) is 13.6. The van der Waals surface area contributed by atoms with Crippen LogP contribution in [0.25, 0.3) is 10.9 Å². The number of ether oxygens (including phenoxy) is 1. The number of rotatable bonds is 4. The van der Waals surface area contributed by atoms with Gasteiger partial charge >= 0.3 is 0 Å². The molecule has 1 fully saturated rings. The molecule has 28 heavy (non-hydrogen) atoms. The van der Waals surface area contributed by atoms with Crippen molar-refractivity contribution >= 4 is 45.7 Å². The third-order valence-electron chi connectivity index (χ3n) is 4.73. The number of hydrogen-bond acceptors (Lipinski definition) is 4. The van der Waals surface area contributed by atoms with Crippen molar-refractivity contribution in [3.8, 4) is 0 Å². The van der Waals surface area contributed by atoms with Gasteiger partial charge in [-0.1, -0.05) is 41.4 Å². The fourth-order valence-corrected chi connectivity index (χ4v) is 3.67. The largest absolute Gasteiger partial charge is 0.381 e. The molecule has 0 saturated carbocycles. The zero-order valence-corrected chi connectivity index (χ0v) is 16.6. The number of carbonyl (C=O) groups excluding carboxylic acids is 1. The van der Waals surface area contributed by atoms with Gasteiger partial charge in [-0.2, -0.15) is 0 Å². The molecule has 0 atom stereocenters. The number of morpholine rings is 1. The monoisotopic (exact) mass is 415 g/mol. The van der Waals surface area contributed by atoms with Crippen molar-refractivity contribution in [2.75, 3.05) is 31.6 Å². The Hall–Kier alpha value is -2.34. The highest BCUT2D eigenvalue weighted by atomic mass is 35.5. The number of amides is 1. The van der Waals surface area contributed by atoms with Crippen molar-refractivity contribution in [1.29, 1.82) is 0 Å². The van der Waals surface area contributed by atoms with E-state index < -0.39 is 0 Å². The highest BCUT2D eigenvalue weighted by Gasteiger charge is 2.20. The highest BCUT2D eigenvalue weighted by molar-refractivity contribution is 6.34. The summed E-state index contributed by atoms with van der Waals surface area (Å²) < 4.78 is 5.29. The molecule has 0 radical (unpaired) electrons. The lowest BCUT2D eigenvalue weighted by atomic mass is 10.1. The van der Waals surface area contributed by atoms with Crippen LogP contribution in [0.15, 0.2) is 48.5 Å². The lowest BCUT2D eigenvalue weighted by Gasteiger charge is -2.27. The van der Waals surface area contributed by atoms with E-state index in [1.54, 1.807) is 17.0 Å². The molecule has 3 aromatic rings. The van der Waals surface area contributed by atoms with Crippen LogP contribution in [0.3, 0.4) is 0 Å². The Morgan fingerprint density at radius 1 is 1.11 bits per heavy atom. The summed E-state index contributed by atoms with van der Waals surface area (Å²) in [6.45, 7) is 2.79. The molecule has 4 rings (SSSR count). The topological polar surface area (TPSA) is 54.5 Å². The lowest BCUT2D eigenvalue weighted by molar-refractivity contribution is 0.0303. The zero-order chi connectivity index (χ0) is 19.5. The van der Waals surface area contributed by atoms with Crippen LogP contribution in [0.4, 0.5) is 5.69 Å². The Labute approximate surface area is 173 Å². The second-order valence-electron chi connectivity index (χ2n) is 6.58. The van der Waals surface area contributed by atoms with Crippen LogP contribution < -0.4 is 5.32 Å². The third-order valence-corrected chi connectivity index (χ3v) is 5.37. The van der Waals surface area contributed by atoms with E-state index in [9.17, 15) is 4.79 Å². The minimum absolute atomic E-state index is 0.0679. The Balaban J connectivity index is 1.48. The number of aromatic nitrogens is 1. The maximum absolute atomic E-state index is 12.6. The number of halogens is 2. The van der Waals surface area contributed by atoms with Crippen molar-refractivity contribution in [3.05, 3.63) is 69.8 Å². The van der Waals surface area contributed by atoms with Gasteiger partial charge in [0.25, 0.3) is 5.91 Å². The molecule has 7 heteroatoms. The average molecular weight is 416 g/mol. The van der Waals surface area contributed by atoms with Gasteiger partial charge in [-0.25, -0.2) is 4.98 Å². The van der Waals surface area contributed by atoms with Gasteiger partial charge in [0.2, 0.25) is 0 Å². The Morgan fingerprint density at radius 2 is 1.89 bits per heavy atom. The van der Waals surface area contributed by atoms with E-state index in [-0.39, 0.29) is 5.91 Å². The van der Waals surface area contributed by atoms with Crippen molar-refractivity contribution in [1.82, 2.24) is 9.88 Å². The minimum Gasteiger partial charge on any atom is -0.381 e. The lowest BCUT2D eigenvalue weighted by Crippen LogP contribution is -2.40. The molecule has 0 unspecified atom stereocenters. The summed E-state index contributed by atoms with van der Waals surface area (Å²) in [5, 5.41) is 5.22. The third kappa shape index (κ3) is 4.07. The second kappa shape index (κ2) is 8.35. The molecule has 5 nitrogen and oxygen atoms in total. The molecule has 1 aliphatic heterocycles. The molecule has 1 saturated heterocycles. The number of para-hydroxylation sites is 1. The van der Waals surface area contributed by atoms with E-state index in [0.717, 1.165) is 22.2 Å². The normalized spacial score (nSPS) is 14.3. The van der Waals surface area contributed by atoms with Crippen molar-refractivity contribution in [3.63, 3.8) is 0 Å². The van der Waals surface area contributed by atoms with Gasteiger partial charge in [-0.15, -0.1) is 0 Å². The number of nitrogens with one attached hydrogen (secondary N) is 1. The Bertz CT molecular complexity index is 1020. The van der Waals surface area contributed by atoms with Crippen molar-refractivity contribution < 1.29 is 9.53 Å². The quantitative estimate of drug-likeness (QED) is 0.631. The summed E-state index contributed by atoms with van der Waals surface area (Å²) in [5.74, 6) is -0.0679. The Kier molecular flexibility index (Phi) is 5.67. The average Bonchev–Trinajstić information content (AvgIpc) is 2.72. The molecule has 1 amide bonds. The van der Waals surface area contributed by atoms with E-state index in [1.165, 1.54) is 0 Å². The van der Waals surface area contributed by atoms with Gasteiger partial charge in [-0.05, 0) is 30.3 Å². The van der Waals surface area contributed by atoms with E-state index in [4.69, 9.17) is 27.9 Å². The molecule has 144 valence electrons. The first-order valence-corrected chi connectivity index (χ1v) is 9.82. The standard InChI is InChI=1S/C21H19Cl2N3O2/c22-18-12-16(5-6-17(18)21(27)26-7-9-28-10-8-26)24-13-15-11-14-3-1-2-4-19(14)25-20(15)23/h1-6,11-12,24H,7-10,13H2. The number of fused-ring (bicyclic) bond motifs is 1. The molecule has 2 aromatic carbocycles. The van der Waals surface area contributed by atoms with Gasteiger partial charge in [0.15, 0.2) is 0 Å². The molecule has 0 bridgehead atoms. The van der Waals surface area contributed by atoms with Gasteiger partial charge in [0.05, 0.1) is 29.3 Å². The molecule has 0 aliphatic carbocycles. The molecule has 1 aliphatic rings. The van der Waals surface area contributed by atoms with Crippen molar-refractivity contribution in [2.24, 2.45) is 0 Å². The predicted molar refractivity (Wildman–Crippen MR) is 112 cm³/mol. The second-order valence-corrected chi connectivity index (χ2v) is 7.35. The van der Waals surface area contributed by atoms with E-state index in [1.807, 2.05) is 36.4 Å². The smallest absolute Gasteiger partial charge is 0.255 e. The van der Waals surface area contributed by atoms with Gasteiger partial charge in [0, 0.05) is 36.3 Å². The summed E-state index contributed by atoms with van der Waals surface area (Å²) in [7, 11) is 0. The summed E-state index contributed by atoms with van der Waals surface area (Å²) in [5.41, 5.74) is 3.07. The number of pyridine rings is 1. The molecular formula is C21H19Cl2N3O2. The van der Waals surface area contributed by atoms with Crippen molar-refractivity contribution in [2.45, 2.75) is 6.54 Å². The highest BCUT2D eigenvalue weighted by Crippen LogP contribution is 2.25. The van der Waals surface area contributed by atoms with Gasteiger partial charge in [0.1, 0.15) is 5.15 Å². The summed E-state index contributed by atoms with van der Waals surface area (Å²) >= 11 is 12.7.